The highest BCUT2D eigenvalue weighted by Crippen LogP contribution is 2.33. The lowest BCUT2D eigenvalue weighted by molar-refractivity contribution is -0.275. The van der Waals surface area contributed by atoms with Gasteiger partial charge in [-0.05, 0) is 24.1 Å². The van der Waals surface area contributed by atoms with Gasteiger partial charge in [0.2, 0.25) is 0 Å². The molecule has 0 unspecified atom stereocenters. The Morgan fingerprint density at radius 3 is 2.53 bits per heavy atom. The van der Waals surface area contributed by atoms with Crippen LogP contribution in [0.15, 0.2) is 24.8 Å². The average molecular weight is 274 g/mol. The molecular weight excluding hydrogens is 257 g/mol. The molecule has 1 rings (SSSR count). The highest BCUT2D eigenvalue weighted by molar-refractivity contribution is 5.54. The van der Waals surface area contributed by atoms with Crippen molar-refractivity contribution in [2.45, 2.75) is 32.5 Å². The molecule has 0 bridgehead atoms. The van der Waals surface area contributed by atoms with E-state index in [4.69, 9.17) is 4.74 Å². The second-order valence-electron chi connectivity index (χ2n) is 4.01. The number of hydrogen-bond donors (Lipinski definition) is 0. The molecule has 2 nitrogen and oxygen atoms in total. The minimum Gasteiger partial charge on any atom is -0.490 e. The van der Waals surface area contributed by atoms with Crippen molar-refractivity contribution in [1.82, 2.24) is 0 Å². The molecule has 0 saturated heterocycles. The number of benzene rings is 1. The van der Waals surface area contributed by atoms with Gasteiger partial charge in [0.1, 0.15) is 0 Å². The Labute approximate surface area is 110 Å². The third-order valence-electron chi connectivity index (χ3n) is 2.43. The maximum Gasteiger partial charge on any atom is 0.573 e. The molecule has 0 amide bonds. The van der Waals surface area contributed by atoms with Crippen molar-refractivity contribution in [2.75, 3.05) is 6.61 Å². The van der Waals surface area contributed by atoms with Gasteiger partial charge in [0, 0.05) is 0 Å². The van der Waals surface area contributed by atoms with E-state index in [1.165, 1.54) is 24.3 Å². The quantitative estimate of drug-likeness (QED) is 0.665. The molecule has 0 fully saturated rings. The molecule has 0 aliphatic rings. The first-order valence-corrected chi connectivity index (χ1v) is 6.11. The van der Waals surface area contributed by atoms with Crippen LogP contribution in [0.25, 0.3) is 6.08 Å². The predicted molar refractivity (Wildman–Crippen MR) is 68.2 cm³/mol. The zero-order chi connectivity index (χ0) is 14.3. The van der Waals surface area contributed by atoms with E-state index in [-0.39, 0.29) is 11.5 Å². The highest BCUT2D eigenvalue weighted by atomic mass is 19.4. The van der Waals surface area contributed by atoms with Gasteiger partial charge >= 0.3 is 6.36 Å². The first-order chi connectivity index (χ1) is 8.96. The molecule has 106 valence electrons. The molecule has 0 aliphatic carbocycles. The lowest BCUT2D eigenvalue weighted by Crippen LogP contribution is -2.18. The monoisotopic (exact) mass is 274 g/mol. The molecule has 0 atom stereocenters. The van der Waals surface area contributed by atoms with Crippen LogP contribution in [0.5, 0.6) is 11.5 Å². The summed E-state index contributed by atoms with van der Waals surface area (Å²) in [6.45, 7) is 5.97. The van der Waals surface area contributed by atoms with Crippen molar-refractivity contribution in [3.05, 3.63) is 30.3 Å². The smallest absolute Gasteiger partial charge is 0.490 e. The summed E-state index contributed by atoms with van der Waals surface area (Å²) in [5.74, 6) is -0.236. The minimum atomic E-state index is -4.72. The fourth-order valence-electron chi connectivity index (χ4n) is 1.51. The molecule has 0 radical (unpaired) electrons. The largest absolute Gasteiger partial charge is 0.573 e. The second kappa shape index (κ2) is 7.07. The van der Waals surface area contributed by atoms with Crippen LogP contribution in [-0.4, -0.2) is 13.0 Å². The fourth-order valence-corrected chi connectivity index (χ4v) is 1.51. The minimum absolute atomic E-state index is 0.0887. The average Bonchev–Trinajstić information content (AvgIpc) is 2.34. The third-order valence-corrected chi connectivity index (χ3v) is 2.43. The van der Waals surface area contributed by atoms with Crippen molar-refractivity contribution in [3.8, 4) is 11.5 Å². The normalized spacial score (nSPS) is 11.2. The molecule has 0 spiro atoms. The summed E-state index contributed by atoms with van der Waals surface area (Å²) in [7, 11) is 0. The summed E-state index contributed by atoms with van der Waals surface area (Å²) < 4.78 is 46.0. The maximum atomic E-state index is 12.2. The Balaban J connectivity index is 2.80. The van der Waals surface area contributed by atoms with E-state index in [2.05, 4.69) is 11.3 Å². The molecule has 0 N–H and O–H groups in total. The van der Waals surface area contributed by atoms with Gasteiger partial charge in [-0.25, -0.2) is 0 Å². The lowest BCUT2D eigenvalue weighted by Gasteiger charge is -2.14. The zero-order valence-electron chi connectivity index (χ0n) is 10.8. The van der Waals surface area contributed by atoms with E-state index in [9.17, 15) is 13.2 Å². The van der Waals surface area contributed by atoms with Gasteiger partial charge in [0.15, 0.2) is 11.5 Å². The van der Waals surface area contributed by atoms with Crippen LogP contribution in [0.3, 0.4) is 0 Å². The summed E-state index contributed by atoms with van der Waals surface area (Å²) in [5, 5.41) is 0. The van der Waals surface area contributed by atoms with Crippen LogP contribution in [0.4, 0.5) is 13.2 Å². The van der Waals surface area contributed by atoms with E-state index >= 15 is 0 Å². The number of alkyl halides is 3. The molecule has 5 heteroatoms. The highest BCUT2D eigenvalue weighted by Gasteiger charge is 2.32. The molecule has 1 aromatic rings. The van der Waals surface area contributed by atoms with Crippen molar-refractivity contribution in [2.24, 2.45) is 0 Å². The lowest BCUT2D eigenvalue weighted by atomic mass is 10.2. The Bertz CT molecular complexity index is 414. The van der Waals surface area contributed by atoms with Crippen LogP contribution >= 0.6 is 0 Å². The topological polar surface area (TPSA) is 18.5 Å². The number of halogens is 3. The van der Waals surface area contributed by atoms with Gasteiger partial charge < -0.3 is 9.47 Å². The Kier molecular flexibility index (Phi) is 5.73. The molecule has 19 heavy (non-hydrogen) atoms. The van der Waals surface area contributed by atoms with Crippen LogP contribution in [-0.2, 0) is 0 Å². The molecule has 0 saturated carbocycles. The van der Waals surface area contributed by atoms with Crippen LogP contribution in [0.2, 0.25) is 0 Å². The van der Waals surface area contributed by atoms with Gasteiger partial charge in [-0.2, -0.15) is 0 Å². The van der Waals surface area contributed by atoms with E-state index in [1.54, 1.807) is 0 Å². The third kappa shape index (κ3) is 5.68. The van der Waals surface area contributed by atoms with Gasteiger partial charge in [-0.3, -0.25) is 0 Å². The summed E-state index contributed by atoms with van der Waals surface area (Å²) in [4.78, 5) is 0. The molecule has 1 aromatic carbocycles. The number of ether oxygens (including phenoxy) is 2. The maximum absolute atomic E-state index is 12.2. The zero-order valence-corrected chi connectivity index (χ0v) is 10.8. The van der Waals surface area contributed by atoms with Crippen molar-refractivity contribution < 1.29 is 22.6 Å². The molecule has 0 aromatic heterocycles. The van der Waals surface area contributed by atoms with Crippen molar-refractivity contribution in [3.63, 3.8) is 0 Å². The van der Waals surface area contributed by atoms with Crippen LogP contribution in [0.1, 0.15) is 31.7 Å². The second-order valence-corrected chi connectivity index (χ2v) is 4.01. The van der Waals surface area contributed by atoms with Gasteiger partial charge in [0.05, 0.1) is 6.61 Å². The first-order valence-electron chi connectivity index (χ1n) is 6.11. The van der Waals surface area contributed by atoms with Crippen LogP contribution in [0, 0.1) is 0 Å². The number of hydrogen-bond acceptors (Lipinski definition) is 2. The summed E-state index contributed by atoms with van der Waals surface area (Å²) in [6, 6.07) is 4.21. The Hall–Kier alpha value is -1.65. The Morgan fingerprint density at radius 1 is 1.21 bits per heavy atom. The van der Waals surface area contributed by atoms with Crippen LogP contribution < -0.4 is 9.47 Å². The summed E-state index contributed by atoms with van der Waals surface area (Å²) in [6.07, 6.45) is -0.410. The van der Waals surface area contributed by atoms with E-state index in [0.717, 1.165) is 19.3 Å². The predicted octanol–water partition coefficient (Wildman–Crippen LogP) is 4.80. The van der Waals surface area contributed by atoms with E-state index in [0.29, 0.717) is 12.2 Å². The van der Waals surface area contributed by atoms with Gasteiger partial charge in [-0.1, -0.05) is 38.5 Å². The first kappa shape index (κ1) is 15.4. The number of rotatable bonds is 7. The van der Waals surface area contributed by atoms with Crippen molar-refractivity contribution in [1.29, 1.82) is 0 Å². The molecule has 0 aliphatic heterocycles. The fraction of sp³-hybridized carbons (Fsp3) is 0.429. The SMILES string of the molecule is C=Cc1ccc(OC(F)(F)F)c(OCCCCC)c1. The van der Waals surface area contributed by atoms with E-state index < -0.39 is 6.36 Å². The van der Waals surface area contributed by atoms with Crippen molar-refractivity contribution >= 4 is 6.08 Å². The van der Waals surface area contributed by atoms with Gasteiger partial charge in [0.25, 0.3) is 0 Å². The summed E-state index contributed by atoms with van der Waals surface area (Å²) >= 11 is 0. The molecular formula is C14H17F3O2. The Morgan fingerprint density at radius 2 is 1.95 bits per heavy atom. The van der Waals surface area contributed by atoms with E-state index in [1.807, 2.05) is 6.92 Å². The summed E-state index contributed by atoms with van der Waals surface area (Å²) in [5.41, 5.74) is 0.681. The van der Waals surface area contributed by atoms with Gasteiger partial charge in [-0.15, -0.1) is 13.2 Å². The molecule has 0 heterocycles. The number of unbranched alkanes of at least 4 members (excludes halogenated alkanes) is 2. The standard InChI is InChI=1S/C14H17F3O2/c1-3-5-6-9-18-13-10-11(4-2)7-8-12(13)19-14(15,16)17/h4,7-8,10H,2-3,5-6,9H2,1H3.